The lowest BCUT2D eigenvalue weighted by Gasteiger charge is -2.09. The van der Waals surface area contributed by atoms with Crippen molar-refractivity contribution < 1.29 is 0 Å². The summed E-state index contributed by atoms with van der Waals surface area (Å²) in [6.45, 7) is 10.2. The Morgan fingerprint density at radius 3 is 2.71 bits per heavy atom. The van der Waals surface area contributed by atoms with Crippen molar-refractivity contribution in [3.63, 3.8) is 0 Å². The van der Waals surface area contributed by atoms with Crippen LogP contribution in [0, 0.1) is 5.92 Å². The Hall–Kier alpha value is -1.08. The van der Waals surface area contributed by atoms with E-state index in [0.29, 0.717) is 5.92 Å². The van der Waals surface area contributed by atoms with Crippen LogP contribution in [0.25, 0.3) is 6.08 Å². The fourth-order valence-electron chi connectivity index (χ4n) is 1.39. The van der Waals surface area contributed by atoms with E-state index in [1.54, 1.807) is 0 Å². The van der Waals surface area contributed by atoms with E-state index in [1.165, 1.54) is 11.1 Å². The topological polar surface area (TPSA) is 12.0 Å². The lowest BCUT2D eigenvalue weighted by Crippen LogP contribution is -2.19. The predicted octanol–water partition coefficient (Wildman–Crippen LogP) is 3.08. The first-order valence-corrected chi connectivity index (χ1v) is 5.15. The van der Waals surface area contributed by atoms with Crippen molar-refractivity contribution in [3.8, 4) is 0 Å². The van der Waals surface area contributed by atoms with Gasteiger partial charge in [-0.3, -0.25) is 0 Å². The Balaban J connectivity index is 2.53. The summed E-state index contributed by atoms with van der Waals surface area (Å²) in [4.78, 5) is 0. The van der Waals surface area contributed by atoms with Crippen LogP contribution < -0.4 is 5.32 Å². The summed E-state index contributed by atoms with van der Waals surface area (Å²) in [7, 11) is 0. The van der Waals surface area contributed by atoms with Crippen LogP contribution in [0.5, 0.6) is 0 Å². The fourth-order valence-corrected chi connectivity index (χ4v) is 1.39. The molecule has 1 nitrogen and oxygen atoms in total. The highest BCUT2D eigenvalue weighted by Gasteiger charge is 1.98. The van der Waals surface area contributed by atoms with Gasteiger partial charge in [-0.1, -0.05) is 50.8 Å². The zero-order valence-corrected chi connectivity index (χ0v) is 9.09. The molecule has 1 N–H and O–H groups in total. The van der Waals surface area contributed by atoms with Gasteiger partial charge >= 0.3 is 0 Å². The van der Waals surface area contributed by atoms with Crippen LogP contribution in [-0.4, -0.2) is 6.54 Å². The maximum absolute atomic E-state index is 3.81. The Morgan fingerprint density at radius 2 is 2.07 bits per heavy atom. The van der Waals surface area contributed by atoms with E-state index in [1.807, 2.05) is 12.1 Å². The third-order valence-corrected chi connectivity index (χ3v) is 2.14. The molecule has 0 saturated carbocycles. The summed E-state index contributed by atoms with van der Waals surface area (Å²) in [5.41, 5.74) is 2.55. The molecule has 1 aromatic carbocycles. The van der Waals surface area contributed by atoms with Crippen molar-refractivity contribution in [3.05, 3.63) is 42.0 Å². The van der Waals surface area contributed by atoms with E-state index in [9.17, 15) is 0 Å². The van der Waals surface area contributed by atoms with E-state index in [4.69, 9.17) is 0 Å². The molecular weight excluding hydrogens is 170 g/mol. The summed E-state index contributed by atoms with van der Waals surface area (Å²) in [5, 5.41) is 3.43. The van der Waals surface area contributed by atoms with Crippen molar-refractivity contribution in [1.29, 1.82) is 0 Å². The predicted molar refractivity (Wildman–Crippen MR) is 63.1 cm³/mol. The van der Waals surface area contributed by atoms with E-state index in [-0.39, 0.29) is 0 Å². The number of nitrogens with one attached hydrogen (secondary N) is 1. The number of rotatable bonds is 5. The summed E-state index contributed by atoms with van der Waals surface area (Å²) < 4.78 is 0. The summed E-state index contributed by atoms with van der Waals surface area (Å²) >= 11 is 0. The molecule has 0 spiro atoms. The zero-order chi connectivity index (χ0) is 10.4. The maximum Gasteiger partial charge on any atom is 0.0211 e. The minimum atomic E-state index is 0.700. The smallest absolute Gasteiger partial charge is 0.0211 e. The van der Waals surface area contributed by atoms with E-state index < -0.39 is 0 Å². The molecule has 1 heteroatoms. The first-order valence-electron chi connectivity index (χ1n) is 5.15. The second kappa shape index (κ2) is 5.61. The summed E-state index contributed by atoms with van der Waals surface area (Å²) in [5.74, 6) is 0.700. The van der Waals surface area contributed by atoms with Crippen molar-refractivity contribution >= 4 is 6.08 Å². The second-order valence-corrected chi connectivity index (χ2v) is 3.93. The van der Waals surface area contributed by atoms with Gasteiger partial charge in [0.1, 0.15) is 0 Å². The van der Waals surface area contributed by atoms with Crippen LogP contribution in [0.2, 0.25) is 0 Å². The molecule has 0 amide bonds. The molecule has 0 bridgehead atoms. The molecule has 0 aliphatic rings. The van der Waals surface area contributed by atoms with Crippen LogP contribution >= 0.6 is 0 Å². The SMILES string of the molecule is C=Cc1ccccc1CNCC(C)C. The Kier molecular flexibility index (Phi) is 4.41. The van der Waals surface area contributed by atoms with Gasteiger partial charge in [0, 0.05) is 6.54 Å². The van der Waals surface area contributed by atoms with Crippen molar-refractivity contribution in [1.82, 2.24) is 5.32 Å². The Labute approximate surface area is 86.8 Å². The minimum Gasteiger partial charge on any atom is -0.312 e. The number of hydrogen-bond donors (Lipinski definition) is 1. The summed E-state index contributed by atoms with van der Waals surface area (Å²) in [6, 6.07) is 8.35. The zero-order valence-electron chi connectivity index (χ0n) is 9.09. The van der Waals surface area contributed by atoms with Gasteiger partial charge in [0.25, 0.3) is 0 Å². The largest absolute Gasteiger partial charge is 0.312 e. The Bertz CT molecular complexity index is 289. The molecule has 0 atom stereocenters. The van der Waals surface area contributed by atoms with Crippen LogP contribution in [0.3, 0.4) is 0 Å². The van der Waals surface area contributed by atoms with E-state index in [2.05, 4.69) is 43.9 Å². The van der Waals surface area contributed by atoms with Crippen molar-refractivity contribution in [2.45, 2.75) is 20.4 Å². The highest BCUT2D eigenvalue weighted by Crippen LogP contribution is 2.09. The van der Waals surface area contributed by atoms with Crippen molar-refractivity contribution in [2.75, 3.05) is 6.54 Å². The lowest BCUT2D eigenvalue weighted by molar-refractivity contribution is 0.552. The molecular formula is C13H19N. The van der Waals surface area contributed by atoms with Gasteiger partial charge < -0.3 is 5.32 Å². The third kappa shape index (κ3) is 3.35. The van der Waals surface area contributed by atoms with Crippen LogP contribution in [0.1, 0.15) is 25.0 Å². The molecule has 0 aromatic heterocycles. The maximum atomic E-state index is 3.81. The lowest BCUT2D eigenvalue weighted by atomic mass is 10.1. The first kappa shape index (κ1) is 11.0. The van der Waals surface area contributed by atoms with E-state index in [0.717, 1.165) is 13.1 Å². The van der Waals surface area contributed by atoms with Gasteiger partial charge in [-0.15, -0.1) is 0 Å². The minimum absolute atomic E-state index is 0.700. The van der Waals surface area contributed by atoms with Gasteiger partial charge in [-0.25, -0.2) is 0 Å². The molecule has 76 valence electrons. The molecule has 14 heavy (non-hydrogen) atoms. The third-order valence-electron chi connectivity index (χ3n) is 2.14. The van der Waals surface area contributed by atoms with Gasteiger partial charge in [0.2, 0.25) is 0 Å². The molecule has 1 rings (SSSR count). The second-order valence-electron chi connectivity index (χ2n) is 3.93. The highest BCUT2D eigenvalue weighted by atomic mass is 14.8. The molecule has 0 fully saturated rings. The quantitative estimate of drug-likeness (QED) is 0.750. The molecule has 0 heterocycles. The molecule has 0 radical (unpaired) electrons. The monoisotopic (exact) mass is 189 g/mol. The average Bonchev–Trinajstić information content (AvgIpc) is 2.18. The molecule has 0 unspecified atom stereocenters. The Morgan fingerprint density at radius 1 is 1.36 bits per heavy atom. The van der Waals surface area contributed by atoms with Crippen LogP contribution in [-0.2, 0) is 6.54 Å². The van der Waals surface area contributed by atoms with Gasteiger partial charge in [0.05, 0.1) is 0 Å². The molecule has 0 aliphatic heterocycles. The summed E-state index contributed by atoms with van der Waals surface area (Å²) in [6.07, 6.45) is 1.91. The number of hydrogen-bond acceptors (Lipinski definition) is 1. The first-order chi connectivity index (χ1) is 6.74. The van der Waals surface area contributed by atoms with E-state index >= 15 is 0 Å². The van der Waals surface area contributed by atoms with Crippen LogP contribution in [0.4, 0.5) is 0 Å². The van der Waals surface area contributed by atoms with Gasteiger partial charge in [-0.05, 0) is 23.6 Å². The highest BCUT2D eigenvalue weighted by molar-refractivity contribution is 5.51. The molecule has 1 aromatic rings. The average molecular weight is 189 g/mol. The normalized spacial score (nSPS) is 10.5. The van der Waals surface area contributed by atoms with Crippen LogP contribution in [0.15, 0.2) is 30.8 Å². The molecule has 0 saturated heterocycles. The van der Waals surface area contributed by atoms with Gasteiger partial charge in [-0.2, -0.15) is 0 Å². The molecule has 0 aliphatic carbocycles. The number of benzene rings is 1. The standard InChI is InChI=1S/C13H19N/c1-4-12-7-5-6-8-13(12)10-14-9-11(2)3/h4-8,11,14H,1,9-10H2,2-3H3. The van der Waals surface area contributed by atoms with Crippen molar-refractivity contribution in [2.24, 2.45) is 5.92 Å². The van der Waals surface area contributed by atoms with Gasteiger partial charge in [0.15, 0.2) is 0 Å². The fraction of sp³-hybridized carbons (Fsp3) is 0.385.